The fraction of sp³-hybridized carbons (Fsp3) is 0.472. The first-order chi connectivity index (χ1) is 71.3. The molecule has 826 valence electrons. The van der Waals surface area contributed by atoms with E-state index in [2.05, 4.69) is 115 Å². The summed E-state index contributed by atoms with van der Waals surface area (Å²) in [5, 5.41) is 114. The van der Waals surface area contributed by atoms with Gasteiger partial charge in [-0.2, -0.15) is 13.2 Å². The van der Waals surface area contributed by atoms with Gasteiger partial charge in [-0.15, -0.1) is 20.4 Å². The molecule has 8 amide bonds. The third kappa shape index (κ3) is 36.6. The first kappa shape index (κ1) is 114. The van der Waals surface area contributed by atoms with Crippen LogP contribution >= 0.6 is 0 Å². The zero-order valence-electron chi connectivity index (χ0n) is 86.1. The molecule has 4 saturated carbocycles. The Kier molecular flexibility index (Phi) is 42.5. The number of carbonyl (C=O) groups is 4. The number of carbonyl (C=O) groups excluding carboxylic acids is 4. The van der Waals surface area contributed by atoms with Crippen LogP contribution in [-0.4, -0.2) is 267 Å². The smallest absolute Gasteiger partial charge is 0.390 e. The Morgan fingerprint density at radius 3 is 1.07 bits per heavy atom. The highest BCUT2D eigenvalue weighted by atomic mass is 19.4. The Bertz CT molecular complexity index is 6230. The summed E-state index contributed by atoms with van der Waals surface area (Å²) in [4.78, 5) is 56.1. The Morgan fingerprint density at radius 1 is 0.403 bits per heavy atom. The number of hydrogen-bond donors (Lipinski definition) is 13. The Morgan fingerprint density at radius 2 is 0.718 bits per heavy atom. The lowest BCUT2D eigenvalue weighted by Gasteiger charge is -2.58. The molecule has 36 nitrogen and oxygen atoms in total. The average Bonchev–Trinajstić information content (AvgIpc) is 0.856. The lowest BCUT2D eigenvalue weighted by Crippen LogP contribution is -2.54. The van der Waals surface area contributed by atoms with Crippen molar-refractivity contribution in [3.05, 3.63) is 239 Å². The zero-order valence-corrected chi connectivity index (χ0v) is 86.1. The fourth-order valence-corrected chi connectivity index (χ4v) is 19.6. The number of amides is 8. The highest BCUT2D eigenvalue weighted by Gasteiger charge is 2.51. The van der Waals surface area contributed by atoms with Gasteiger partial charge in [-0.1, -0.05) is 86.6 Å². The molecule has 0 aliphatic heterocycles. The van der Waals surface area contributed by atoms with Crippen molar-refractivity contribution in [1.29, 1.82) is 0 Å². The molecule has 0 spiro atoms. The van der Waals surface area contributed by atoms with Crippen LogP contribution in [0.2, 0.25) is 0 Å². The minimum atomic E-state index is -4.45. The van der Waals surface area contributed by atoms with Crippen molar-refractivity contribution in [2.24, 2.45) is 51.4 Å². The van der Waals surface area contributed by atoms with Crippen LogP contribution in [-0.2, 0) is 66.7 Å². The van der Waals surface area contributed by atoms with Gasteiger partial charge in [0.1, 0.15) is 23.3 Å². The molecule has 4 heterocycles. The Labute approximate surface area is 882 Å². The van der Waals surface area contributed by atoms with E-state index < -0.39 is 79.4 Å². The van der Waals surface area contributed by atoms with Crippen LogP contribution in [0.4, 0.5) is 72.7 Å². The number of anilines is 4. The number of tetrazole rings is 4. The maximum atomic E-state index is 13.4. The zero-order chi connectivity index (χ0) is 107. The topological polar surface area (TPSA) is 442 Å². The number of likely N-dealkylation sites (N-methyl/N-ethyl adjacent to an activating group) is 1. The van der Waals surface area contributed by atoms with Crippen LogP contribution in [0, 0.1) is 46.4 Å². The first-order valence-corrected chi connectivity index (χ1v) is 50.6. The van der Waals surface area contributed by atoms with Crippen molar-refractivity contribution in [3.63, 3.8) is 0 Å². The maximum Gasteiger partial charge on any atom is 0.401 e. The molecule has 4 aliphatic carbocycles. The normalized spacial score (nSPS) is 16.7. The van der Waals surface area contributed by atoms with Gasteiger partial charge in [0.2, 0.25) is 0 Å². The Balaban J connectivity index is 0. The molecule has 0 saturated heterocycles. The molecule has 4 aromatic heterocycles. The molecule has 16 rings (SSSR count). The van der Waals surface area contributed by atoms with Gasteiger partial charge in [0.15, 0.2) is 23.3 Å². The number of alkyl halides is 3. The predicted octanol–water partition coefficient (Wildman–Crippen LogP) is 17.3. The van der Waals surface area contributed by atoms with Gasteiger partial charge >= 0.3 is 30.3 Å². The summed E-state index contributed by atoms with van der Waals surface area (Å²) in [5.74, 6) is 3.84. The summed E-state index contributed by atoms with van der Waals surface area (Å²) in [6.07, 6.45) is 7.85. The van der Waals surface area contributed by atoms with Gasteiger partial charge in [-0.05, 0) is 371 Å². The van der Waals surface area contributed by atoms with Crippen molar-refractivity contribution < 1.29 is 88.9 Å². The molecule has 149 heavy (non-hydrogen) atoms. The van der Waals surface area contributed by atoms with Crippen molar-refractivity contribution in [1.82, 2.24) is 122 Å². The summed E-state index contributed by atoms with van der Waals surface area (Å²) in [5.41, 5.74) is 11.9. The lowest BCUT2D eigenvalue weighted by atomic mass is 9.49. The van der Waals surface area contributed by atoms with Gasteiger partial charge < -0.3 is 78.1 Å². The number of aryl methyl sites for hydroxylation is 10. The minimum absolute atomic E-state index is 0. The van der Waals surface area contributed by atoms with E-state index in [1.807, 2.05) is 106 Å². The third-order valence-electron chi connectivity index (χ3n) is 27.0. The fourth-order valence-electron chi connectivity index (χ4n) is 19.6. The molecule has 12 aromatic rings. The molecule has 0 radical (unpaired) electrons. The lowest BCUT2D eigenvalue weighted by molar-refractivity contribution is -0.149. The summed E-state index contributed by atoms with van der Waals surface area (Å²) >= 11 is 0. The van der Waals surface area contributed by atoms with Gasteiger partial charge in [0, 0.05) is 124 Å². The van der Waals surface area contributed by atoms with Crippen molar-refractivity contribution in [3.8, 4) is 45.6 Å². The average molecular weight is 2090 g/mol. The minimum Gasteiger partial charge on any atom is -0.390 e. The van der Waals surface area contributed by atoms with Crippen LogP contribution in [0.15, 0.2) is 182 Å². The van der Waals surface area contributed by atoms with Crippen LogP contribution in [0.3, 0.4) is 0 Å². The number of nitrogens with one attached hydrogen (secondary N) is 9. The number of benzene rings is 8. The number of aliphatic hydroxyl groups excluding tert-OH is 4. The van der Waals surface area contributed by atoms with E-state index in [-0.39, 0.29) is 60.9 Å². The number of halogens is 7. The molecule has 43 heteroatoms. The summed E-state index contributed by atoms with van der Waals surface area (Å²) in [7, 11) is 8.89. The largest absolute Gasteiger partial charge is 0.401 e. The van der Waals surface area contributed by atoms with Gasteiger partial charge in [-0.25, -0.2) is 55.5 Å². The standard InChI is InChI=1S/C33H44FN7O2.C25H34FN7O2.C24H29F4N7O2.C24H32FN7O2.13H2/c1-22(35-32(43)36-29-7-3-6-27(16-29)31-37-38-39-40(31)2)30(42)20-41(12-4-5-23-8-10-28(34)11-9-23)21-33-17-24-13-25(18-33)15-26(14-24)19-33;1-5-18-13-20(24-29-30-31-33(24)4)15-22(14-18)28-25(35)27-17(2)23(34)16-32(3)12-6-7-19-8-10-21(26)11-9-19;1-16(29-23(37)30-20-7-3-6-18(13-20)22-31-32-33-34(22)2)21(36)14-35(15-24(26,27)28)12-4-5-17-8-10-19(25)11-9-17;1-4-17-12-19(23-29-30-31-32(23)3)14-21(13-17)28-24(34)27-16(2)22(33)15-26-11-5-6-18-7-9-20(25)10-8-18;;;;;;;;;;;;;/h3,6-11,16,22,24-26,30,42H,4-5,12-15,17-21H2,1-2H3,(H2,35,36,43);8-11,13-15,17,23,34H,5-7,12,16H2,1-4H3,(H2,27,28,35);3,6-11,13,16,21,36H,4-5,12,14-15H2,1-2H3,(H2,29,30,37);7-10,12-14,16,22,26,33H,4-6,11,15H2,1-3H3,(H2,27,28,34);13*1H/t22-,24?,25?,26?,30-,33?;17-,23+;16-,21+;16-,22+;;;;;;;;;;;;;/m0111............./s1. The third-order valence-corrected chi connectivity index (χ3v) is 27.0. The Hall–Kier alpha value is -13.7. The van der Waals surface area contributed by atoms with E-state index in [4.69, 9.17) is 0 Å². The van der Waals surface area contributed by atoms with E-state index >= 15 is 0 Å². The SMILES string of the molecule is CCc1cc(NC(=O)N[C@H](C)[C@@H](O)CN(C)CCCc2ccc(F)cc2)cc(-c2nnnn2C)c1.CCc1cc(NC(=O)N[C@H](C)[C@@H](O)CNCCCc2ccc(F)cc2)cc(-c2nnnn2C)c1.C[C@@H](NC(=O)Nc1cccc(-c2nnnn2C)c1)[C@@H](O)CN(CCCc1ccc(F)cc1)CC(F)(F)F.C[C@H](NC(=O)Nc1cccc(-c2nnnn2C)c1)[C@@H](O)CN(CCCc1ccc(F)cc1)CC12CC3CC(CC(C3)C1)C2.[HH].[HH].[HH].[HH].[HH].[HH].[HH].[HH].[HH].[HH].[HH].[HH].[HH]. The van der Waals surface area contributed by atoms with Gasteiger partial charge in [0.25, 0.3) is 0 Å². The highest BCUT2D eigenvalue weighted by molar-refractivity contribution is 5.92. The molecule has 4 bridgehead atoms. The summed E-state index contributed by atoms with van der Waals surface area (Å²) in [6, 6.07) is 47.1. The van der Waals surface area contributed by atoms with Crippen LogP contribution in [0.25, 0.3) is 45.6 Å². The second-order valence-corrected chi connectivity index (χ2v) is 39.4. The predicted molar refractivity (Wildman–Crippen MR) is 582 cm³/mol. The second-order valence-electron chi connectivity index (χ2n) is 39.4. The molecule has 8 atom stereocenters. The number of aromatic nitrogens is 16. The number of hydrogen-bond acceptors (Lipinski definition) is 24. The van der Waals surface area contributed by atoms with Crippen molar-refractivity contribution in [2.45, 2.75) is 199 Å². The number of aliphatic hydroxyl groups is 4. The van der Waals surface area contributed by atoms with Crippen molar-refractivity contribution in [2.75, 3.05) is 93.8 Å². The number of nitrogens with zero attached hydrogens (tertiary/aromatic N) is 19. The van der Waals surface area contributed by atoms with Crippen LogP contribution in [0.5, 0.6) is 0 Å². The quantitative estimate of drug-likeness (QED) is 0.0124. The molecule has 4 aliphatic rings. The monoisotopic (exact) mass is 2090 g/mol. The van der Waals surface area contributed by atoms with E-state index in [0.717, 1.165) is 144 Å². The molecular weight excluding hydrogens is 1930 g/mol. The van der Waals surface area contributed by atoms with E-state index in [9.17, 15) is 70.3 Å². The van der Waals surface area contributed by atoms with Crippen LogP contribution < -0.4 is 47.9 Å². The van der Waals surface area contributed by atoms with Gasteiger partial charge in [0.05, 0.1) is 55.1 Å². The summed E-state index contributed by atoms with van der Waals surface area (Å²) < 4.78 is 97.9. The highest BCUT2D eigenvalue weighted by Crippen LogP contribution is 2.60. The van der Waals surface area contributed by atoms with Gasteiger partial charge in [-0.3, -0.25) is 4.90 Å². The maximum absolute atomic E-state index is 13.4. The second kappa shape index (κ2) is 55.5. The molecule has 0 unspecified atom stereocenters. The number of urea groups is 4. The van der Waals surface area contributed by atoms with E-state index in [1.165, 1.54) is 98.7 Å². The molecule has 4 fully saturated rings. The molecule has 8 aromatic carbocycles. The molecule has 13 N–H and O–H groups in total. The van der Waals surface area contributed by atoms with Crippen LogP contribution in [0.1, 0.15) is 158 Å². The first-order valence-electron chi connectivity index (χ1n) is 50.6. The van der Waals surface area contributed by atoms with Crippen molar-refractivity contribution >= 4 is 46.9 Å². The molecular formula is C106H165F7N28O8. The van der Waals surface area contributed by atoms with E-state index in [1.54, 1.807) is 117 Å². The summed E-state index contributed by atoms with van der Waals surface area (Å²) in [6.45, 7) is 14.1. The number of rotatable bonds is 45. The van der Waals surface area contributed by atoms with E-state index in [0.29, 0.717) is 96.0 Å².